The largest absolute Gasteiger partial charge is 1.00 e. The highest BCUT2D eigenvalue weighted by atomic mass is 35.5. The lowest BCUT2D eigenvalue weighted by atomic mass is 9.93. The minimum absolute atomic E-state index is 0. The van der Waals surface area contributed by atoms with Gasteiger partial charge in [0.25, 0.3) is 0 Å². The first kappa shape index (κ1) is 10.4. The van der Waals surface area contributed by atoms with Gasteiger partial charge in [0.05, 0.1) is 5.54 Å². The van der Waals surface area contributed by atoms with E-state index in [0.717, 1.165) is 0 Å². The lowest BCUT2D eigenvalue weighted by molar-refractivity contribution is -0.137. The van der Waals surface area contributed by atoms with E-state index in [9.17, 15) is 9.59 Å². The van der Waals surface area contributed by atoms with Gasteiger partial charge in [0.15, 0.2) is 0 Å². The third-order valence-electron chi connectivity index (χ3n) is 1.64. The number of nitrogens with one attached hydrogen (secondary N) is 1. The minimum Gasteiger partial charge on any atom is -1.00 e. The number of hydrogen-bond acceptors (Lipinski definition) is 3. The van der Waals surface area contributed by atoms with Gasteiger partial charge >= 0.3 is 1.43 Å². The maximum absolute atomic E-state index is 10.9. The second kappa shape index (κ2) is 3.19. The molecule has 1 aliphatic heterocycles. The minimum atomic E-state index is -0.853. The van der Waals surface area contributed by atoms with Crippen LogP contribution in [0.25, 0.3) is 0 Å². The molecule has 0 aromatic heterocycles. The summed E-state index contributed by atoms with van der Waals surface area (Å²) >= 11 is 0. The Labute approximate surface area is 72.4 Å². The molecule has 0 saturated carbocycles. The summed E-state index contributed by atoms with van der Waals surface area (Å²) in [7, 11) is 0. The number of hydrogen-bond donors (Lipinski definition) is 2. The molecule has 0 radical (unpaired) electrons. The topological polar surface area (TPSA) is 72.2 Å². The van der Waals surface area contributed by atoms with E-state index in [-0.39, 0.29) is 25.6 Å². The first-order chi connectivity index (χ1) is 4.52. The van der Waals surface area contributed by atoms with E-state index in [1.54, 1.807) is 6.92 Å². The summed E-state index contributed by atoms with van der Waals surface area (Å²) < 4.78 is 0. The van der Waals surface area contributed by atoms with Crippen molar-refractivity contribution in [2.45, 2.75) is 25.3 Å². The highest BCUT2D eigenvalue weighted by molar-refractivity contribution is 6.02. The molecule has 1 aliphatic rings. The Kier molecular flexibility index (Phi) is 3.02. The monoisotopic (exact) mass is 178 g/mol. The summed E-state index contributed by atoms with van der Waals surface area (Å²) in [5.41, 5.74) is 4.67. The molecule has 0 aliphatic carbocycles. The van der Waals surface area contributed by atoms with Crippen molar-refractivity contribution >= 4 is 11.8 Å². The predicted octanol–water partition coefficient (Wildman–Crippen LogP) is -3.74. The summed E-state index contributed by atoms with van der Waals surface area (Å²) in [4.78, 5) is 21.4. The van der Waals surface area contributed by atoms with Gasteiger partial charge in [-0.05, 0) is 13.3 Å². The van der Waals surface area contributed by atoms with Gasteiger partial charge in [-0.2, -0.15) is 0 Å². The highest BCUT2D eigenvalue weighted by Gasteiger charge is 2.34. The van der Waals surface area contributed by atoms with Gasteiger partial charge in [-0.15, -0.1) is 0 Å². The van der Waals surface area contributed by atoms with E-state index in [1.807, 2.05) is 0 Å². The fourth-order valence-corrected chi connectivity index (χ4v) is 0.819. The maximum atomic E-state index is 10.9. The second-order valence-electron chi connectivity index (χ2n) is 2.79. The molecular formula is C6H11ClN2O2. The molecule has 5 heteroatoms. The Balaban J connectivity index is 0. The van der Waals surface area contributed by atoms with E-state index < -0.39 is 5.54 Å². The molecular weight excluding hydrogens is 168 g/mol. The normalized spacial score (nSPS) is 30.7. The fourth-order valence-electron chi connectivity index (χ4n) is 0.819. The molecule has 1 heterocycles. The number of piperidine rings is 1. The van der Waals surface area contributed by atoms with Crippen LogP contribution in [0, 0.1) is 0 Å². The molecule has 1 saturated heterocycles. The number of rotatable bonds is 0. The van der Waals surface area contributed by atoms with Crippen molar-refractivity contribution in [1.82, 2.24) is 5.32 Å². The summed E-state index contributed by atoms with van der Waals surface area (Å²) in [6, 6.07) is 0. The van der Waals surface area contributed by atoms with Crippen molar-refractivity contribution in [1.29, 1.82) is 0 Å². The summed E-state index contributed by atoms with van der Waals surface area (Å²) in [5.74, 6) is -0.600. The standard InChI is InChI=1S/C6H10N2O2.ClH/c1-6(7)3-2-4(9)8-5(6)10;/h2-3,7H2,1H3,(H,8,9,10);1H. The summed E-state index contributed by atoms with van der Waals surface area (Å²) in [6.45, 7) is 1.62. The van der Waals surface area contributed by atoms with Gasteiger partial charge in [-0.3, -0.25) is 14.9 Å². The molecule has 1 atom stereocenters. The molecule has 1 rings (SSSR count). The number of carbonyl (C=O) groups is 2. The fraction of sp³-hybridized carbons (Fsp3) is 0.667. The van der Waals surface area contributed by atoms with E-state index in [1.165, 1.54) is 0 Å². The maximum Gasteiger partial charge on any atom is 1.00 e. The Morgan fingerprint density at radius 1 is 1.64 bits per heavy atom. The van der Waals surface area contributed by atoms with Crippen LogP contribution in [0.1, 0.15) is 21.2 Å². The van der Waals surface area contributed by atoms with Crippen LogP contribution in [-0.2, 0) is 9.59 Å². The Bertz CT molecular complexity index is 196. The van der Waals surface area contributed by atoms with E-state index >= 15 is 0 Å². The Morgan fingerprint density at radius 3 is 2.55 bits per heavy atom. The number of imide groups is 1. The molecule has 11 heavy (non-hydrogen) atoms. The van der Waals surface area contributed by atoms with Gasteiger partial charge in [0.1, 0.15) is 0 Å². The molecule has 4 nitrogen and oxygen atoms in total. The molecule has 1 fully saturated rings. The van der Waals surface area contributed by atoms with Gasteiger partial charge in [0.2, 0.25) is 11.8 Å². The van der Waals surface area contributed by atoms with Gasteiger partial charge < -0.3 is 18.1 Å². The van der Waals surface area contributed by atoms with Crippen molar-refractivity contribution in [2.75, 3.05) is 0 Å². The highest BCUT2D eigenvalue weighted by Crippen LogP contribution is 2.12. The van der Waals surface area contributed by atoms with Crippen LogP contribution in [0.5, 0.6) is 0 Å². The SMILES string of the molecule is CC1(N)CCC(=O)NC1=O.[Cl-].[H+]. The zero-order valence-electron chi connectivity index (χ0n) is 7.19. The third-order valence-corrected chi connectivity index (χ3v) is 1.64. The van der Waals surface area contributed by atoms with Crippen LogP contribution in [-0.4, -0.2) is 17.4 Å². The first-order valence-corrected chi connectivity index (χ1v) is 3.15. The zero-order valence-corrected chi connectivity index (χ0v) is 6.94. The van der Waals surface area contributed by atoms with Crippen molar-refractivity contribution < 1.29 is 23.4 Å². The van der Waals surface area contributed by atoms with Crippen LogP contribution in [0.2, 0.25) is 0 Å². The lowest BCUT2D eigenvalue weighted by Crippen LogP contribution is -3.00. The third kappa shape index (κ3) is 2.17. The molecule has 0 aromatic rings. The predicted molar refractivity (Wildman–Crippen MR) is 36.1 cm³/mol. The van der Waals surface area contributed by atoms with Crippen LogP contribution in [0.3, 0.4) is 0 Å². The van der Waals surface area contributed by atoms with E-state index in [4.69, 9.17) is 5.73 Å². The Hall–Kier alpha value is -0.610. The zero-order chi connectivity index (χ0) is 7.78. The molecule has 0 bridgehead atoms. The Morgan fingerprint density at radius 2 is 2.18 bits per heavy atom. The van der Waals surface area contributed by atoms with Crippen molar-refractivity contribution in [3.8, 4) is 0 Å². The molecule has 64 valence electrons. The smallest absolute Gasteiger partial charge is 1.00 e. The van der Waals surface area contributed by atoms with E-state index in [2.05, 4.69) is 5.32 Å². The number of halogens is 1. The van der Waals surface area contributed by atoms with Crippen LogP contribution in [0.4, 0.5) is 0 Å². The van der Waals surface area contributed by atoms with Crippen molar-refractivity contribution in [2.24, 2.45) is 5.73 Å². The quantitative estimate of drug-likeness (QED) is 0.375. The van der Waals surface area contributed by atoms with Gasteiger partial charge in [0, 0.05) is 6.42 Å². The number of amides is 2. The van der Waals surface area contributed by atoms with Crippen molar-refractivity contribution in [3.05, 3.63) is 0 Å². The lowest BCUT2D eigenvalue weighted by Gasteiger charge is -2.26. The molecule has 0 spiro atoms. The number of carbonyl (C=O) groups excluding carboxylic acids is 2. The first-order valence-electron chi connectivity index (χ1n) is 3.15. The van der Waals surface area contributed by atoms with E-state index in [0.29, 0.717) is 12.8 Å². The van der Waals surface area contributed by atoms with Gasteiger partial charge in [-0.1, -0.05) is 0 Å². The van der Waals surface area contributed by atoms with Crippen LogP contribution in [0.15, 0.2) is 0 Å². The van der Waals surface area contributed by atoms with Crippen molar-refractivity contribution in [3.63, 3.8) is 0 Å². The summed E-state index contributed by atoms with van der Waals surface area (Å²) in [5, 5.41) is 2.17. The van der Waals surface area contributed by atoms with Crippen LogP contribution >= 0.6 is 0 Å². The molecule has 0 aromatic carbocycles. The molecule has 2 amide bonds. The van der Waals surface area contributed by atoms with Crippen LogP contribution < -0.4 is 23.5 Å². The second-order valence-corrected chi connectivity index (χ2v) is 2.79. The van der Waals surface area contributed by atoms with Gasteiger partial charge in [-0.25, -0.2) is 0 Å². The average molecular weight is 179 g/mol. The molecule has 1 unspecified atom stereocenters. The average Bonchev–Trinajstić information content (AvgIpc) is 1.81. The number of nitrogens with two attached hydrogens (primary N) is 1. The summed E-state index contributed by atoms with van der Waals surface area (Å²) in [6.07, 6.45) is 0.788. The molecule has 3 N–H and O–H groups in total.